The van der Waals surface area contributed by atoms with E-state index < -0.39 is 0 Å². The third-order valence-corrected chi connectivity index (χ3v) is 4.26. The van der Waals surface area contributed by atoms with Gasteiger partial charge in [-0.1, -0.05) is 29.8 Å². The van der Waals surface area contributed by atoms with Gasteiger partial charge < -0.3 is 5.73 Å². The molecule has 0 radical (unpaired) electrons. The Bertz CT molecular complexity index is 519. The molecule has 1 heterocycles. The summed E-state index contributed by atoms with van der Waals surface area (Å²) in [5.41, 5.74) is 10.0. The zero-order valence-electron chi connectivity index (χ0n) is 10.0. The van der Waals surface area contributed by atoms with Crippen molar-refractivity contribution in [2.24, 2.45) is 5.73 Å². The Balaban J connectivity index is 2.14. The van der Waals surface area contributed by atoms with Crippen molar-refractivity contribution >= 4 is 22.9 Å². The Hall–Kier alpha value is -0.830. The van der Waals surface area contributed by atoms with Crippen LogP contribution in [0.1, 0.15) is 27.6 Å². The highest BCUT2D eigenvalue weighted by atomic mass is 35.5. The Morgan fingerprint density at radius 2 is 1.94 bits per heavy atom. The fraction of sp³-hybridized carbons (Fsp3) is 0.286. The van der Waals surface area contributed by atoms with Crippen LogP contribution in [0.4, 0.5) is 0 Å². The van der Waals surface area contributed by atoms with Crippen molar-refractivity contribution < 1.29 is 0 Å². The number of nitrogens with two attached hydrogens (primary N) is 1. The van der Waals surface area contributed by atoms with Gasteiger partial charge in [-0.2, -0.15) is 0 Å². The van der Waals surface area contributed by atoms with Crippen molar-refractivity contribution in [3.05, 3.63) is 56.2 Å². The highest BCUT2D eigenvalue weighted by Gasteiger charge is 2.09. The second-order valence-electron chi connectivity index (χ2n) is 4.36. The Kier molecular flexibility index (Phi) is 3.87. The lowest BCUT2D eigenvalue weighted by atomic mass is 9.99. The molecule has 1 aromatic carbocycles. The molecule has 0 aliphatic carbocycles. The second-order valence-corrected chi connectivity index (χ2v) is 6.16. The standard InChI is InChI=1S/C14H16ClNS/c1-9-3-4-11(7-10(9)2)13(16)8-12-5-6-14(15)17-12/h3-7,13H,8,16H2,1-2H3. The van der Waals surface area contributed by atoms with Crippen LogP contribution < -0.4 is 5.73 Å². The largest absolute Gasteiger partial charge is 0.324 e. The molecule has 90 valence electrons. The number of rotatable bonds is 3. The SMILES string of the molecule is Cc1ccc(C(N)Cc2ccc(Cl)s2)cc1C. The molecule has 1 aromatic heterocycles. The van der Waals surface area contributed by atoms with Crippen LogP contribution in [0.15, 0.2) is 30.3 Å². The molecule has 1 atom stereocenters. The molecule has 17 heavy (non-hydrogen) atoms. The van der Waals surface area contributed by atoms with Crippen molar-refractivity contribution in [2.45, 2.75) is 26.3 Å². The Morgan fingerprint density at radius 1 is 1.18 bits per heavy atom. The normalized spacial score (nSPS) is 12.7. The first-order valence-electron chi connectivity index (χ1n) is 5.63. The van der Waals surface area contributed by atoms with Gasteiger partial charge in [-0.25, -0.2) is 0 Å². The van der Waals surface area contributed by atoms with E-state index in [4.69, 9.17) is 17.3 Å². The molecule has 2 N–H and O–H groups in total. The molecule has 0 amide bonds. The van der Waals surface area contributed by atoms with Gasteiger partial charge in [0.15, 0.2) is 0 Å². The Morgan fingerprint density at radius 3 is 2.53 bits per heavy atom. The molecule has 0 aliphatic rings. The van der Waals surface area contributed by atoms with Gasteiger partial charge in [0, 0.05) is 17.3 Å². The summed E-state index contributed by atoms with van der Waals surface area (Å²) < 4.78 is 0.826. The molecule has 1 nitrogen and oxygen atoms in total. The molecule has 0 aliphatic heterocycles. The highest BCUT2D eigenvalue weighted by molar-refractivity contribution is 7.16. The zero-order valence-corrected chi connectivity index (χ0v) is 11.6. The van der Waals surface area contributed by atoms with E-state index in [0.717, 1.165) is 10.8 Å². The van der Waals surface area contributed by atoms with Crippen molar-refractivity contribution in [1.82, 2.24) is 0 Å². The van der Waals surface area contributed by atoms with E-state index in [1.54, 1.807) is 11.3 Å². The van der Waals surface area contributed by atoms with Crippen LogP contribution in [-0.2, 0) is 6.42 Å². The van der Waals surface area contributed by atoms with Crippen LogP contribution >= 0.6 is 22.9 Å². The van der Waals surface area contributed by atoms with Crippen molar-refractivity contribution in [3.63, 3.8) is 0 Å². The molecule has 3 heteroatoms. The van der Waals surface area contributed by atoms with Crippen LogP contribution in [0.3, 0.4) is 0 Å². The molecule has 2 rings (SSSR count). The van der Waals surface area contributed by atoms with E-state index in [1.165, 1.54) is 21.6 Å². The predicted molar refractivity (Wildman–Crippen MR) is 75.9 cm³/mol. The molecule has 2 aromatic rings. The summed E-state index contributed by atoms with van der Waals surface area (Å²) in [6.07, 6.45) is 0.847. The van der Waals surface area contributed by atoms with Crippen LogP contribution in [0.5, 0.6) is 0 Å². The maximum atomic E-state index is 6.22. The minimum absolute atomic E-state index is 0.0454. The quantitative estimate of drug-likeness (QED) is 0.882. The predicted octanol–water partition coefficient (Wildman–Crippen LogP) is 4.26. The molecule has 0 saturated heterocycles. The van der Waals surface area contributed by atoms with Crippen molar-refractivity contribution in [3.8, 4) is 0 Å². The van der Waals surface area contributed by atoms with Gasteiger partial charge in [-0.15, -0.1) is 11.3 Å². The lowest BCUT2D eigenvalue weighted by molar-refractivity contribution is 0.729. The summed E-state index contributed by atoms with van der Waals surface area (Å²) in [6.45, 7) is 4.23. The molecular weight excluding hydrogens is 250 g/mol. The monoisotopic (exact) mass is 265 g/mol. The van der Waals surface area contributed by atoms with Crippen LogP contribution in [0, 0.1) is 13.8 Å². The number of hydrogen-bond donors (Lipinski definition) is 1. The maximum Gasteiger partial charge on any atom is 0.0931 e. The molecule has 0 saturated carbocycles. The van der Waals surface area contributed by atoms with E-state index >= 15 is 0 Å². The van der Waals surface area contributed by atoms with E-state index in [2.05, 4.69) is 32.0 Å². The highest BCUT2D eigenvalue weighted by Crippen LogP contribution is 2.26. The molecule has 0 spiro atoms. The fourth-order valence-electron chi connectivity index (χ4n) is 1.79. The summed E-state index contributed by atoms with van der Waals surface area (Å²) in [4.78, 5) is 1.24. The van der Waals surface area contributed by atoms with Gasteiger partial charge in [0.25, 0.3) is 0 Å². The van der Waals surface area contributed by atoms with Crippen LogP contribution in [0.2, 0.25) is 4.34 Å². The van der Waals surface area contributed by atoms with Gasteiger partial charge in [-0.3, -0.25) is 0 Å². The summed E-state index contributed by atoms with van der Waals surface area (Å²) >= 11 is 7.52. The van der Waals surface area contributed by atoms with E-state index in [-0.39, 0.29) is 6.04 Å². The van der Waals surface area contributed by atoms with E-state index in [1.807, 2.05) is 12.1 Å². The average molecular weight is 266 g/mol. The maximum absolute atomic E-state index is 6.22. The first kappa shape index (κ1) is 12.6. The van der Waals surface area contributed by atoms with Gasteiger partial charge >= 0.3 is 0 Å². The zero-order chi connectivity index (χ0) is 12.4. The summed E-state index contributed by atoms with van der Waals surface area (Å²) in [5.74, 6) is 0. The third-order valence-electron chi connectivity index (χ3n) is 3.01. The third kappa shape index (κ3) is 3.09. The Labute approximate surface area is 111 Å². The van der Waals surface area contributed by atoms with Gasteiger partial charge in [0.2, 0.25) is 0 Å². The smallest absolute Gasteiger partial charge is 0.0931 e. The van der Waals surface area contributed by atoms with Crippen LogP contribution in [-0.4, -0.2) is 0 Å². The van der Waals surface area contributed by atoms with Crippen LogP contribution in [0.25, 0.3) is 0 Å². The number of thiophene rings is 1. The number of hydrogen-bond acceptors (Lipinski definition) is 2. The lowest BCUT2D eigenvalue weighted by Crippen LogP contribution is -2.12. The first-order valence-corrected chi connectivity index (χ1v) is 6.82. The van der Waals surface area contributed by atoms with Gasteiger partial charge in [0.05, 0.1) is 4.34 Å². The van der Waals surface area contributed by atoms with Crippen molar-refractivity contribution in [2.75, 3.05) is 0 Å². The molecule has 0 bridgehead atoms. The number of benzene rings is 1. The molecule has 1 unspecified atom stereocenters. The summed E-state index contributed by atoms with van der Waals surface area (Å²) in [7, 11) is 0. The lowest BCUT2D eigenvalue weighted by Gasteiger charge is -2.12. The fourth-order valence-corrected chi connectivity index (χ4v) is 2.94. The van der Waals surface area contributed by atoms with Crippen molar-refractivity contribution in [1.29, 1.82) is 0 Å². The first-order chi connectivity index (χ1) is 8.06. The average Bonchev–Trinajstić information content (AvgIpc) is 2.68. The summed E-state index contributed by atoms with van der Waals surface area (Å²) in [5, 5.41) is 0. The molecule has 0 fully saturated rings. The molecular formula is C14H16ClNS. The van der Waals surface area contributed by atoms with Gasteiger partial charge in [0.1, 0.15) is 0 Å². The number of aryl methyl sites for hydroxylation is 2. The minimum atomic E-state index is 0.0454. The van der Waals surface area contributed by atoms with E-state index in [9.17, 15) is 0 Å². The number of halogens is 1. The van der Waals surface area contributed by atoms with E-state index in [0.29, 0.717) is 0 Å². The van der Waals surface area contributed by atoms with Gasteiger partial charge in [-0.05, 0) is 42.7 Å². The second kappa shape index (κ2) is 5.21. The topological polar surface area (TPSA) is 26.0 Å². The summed E-state index contributed by atoms with van der Waals surface area (Å²) in [6, 6.07) is 10.4. The minimum Gasteiger partial charge on any atom is -0.324 e.